The summed E-state index contributed by atoms with van der Waals surface area (Å²) in [5.41, 5.74) is 2.25. The van der Waals surface area contributed by atoms with Gasteiger partial charge in [-0.1, -0.05) is 6.92 Å². The quantitative estimate of drug-likeness (QED) is 0.778. The van der Waals surface area contributed by atoms with Crippen LogP contribution in [0.3, 0.4) is 0 Å². The smallest absolute Gasteiger partial charge is 0.237 e. The number of aryl methyl sites for hydroxylation is 2. The minimum atomic E-state index is -0.161. The number of carbonyl (C=O) groups excluding carboxylic acids is 1. The molecule has 5 nitrogen and oxygen atoms in total. The second-order valence-electron chi connectivity index (χ2n) is 5.18. The summed E-state index contributed by atoms with van der Waals surface area (Å²) >= 11 is 0. The van der Waals surface area contributed by atoms with Crippen LogP contribution < -0.4 is 10.6 Å². The molecule has 0 radical (unpaired) electrons. The number of hydrogen-bond acceptors (Lipinski definition) is 3. The molecule has 1 saturated carbocycles. The van der Waals surface area contributed by atoms with Gasteiger partial charge in [-0.2, -0.15) is 5.10 Å². The van der Waals surface area contributed by atoms with Crippen LogP contribution in [-0.2, 0) is 24.3 Å². The van der Waals surface area contributed by atoms with Gasteiger partial charge in [0.25, 0.3) is 0 Å². The fourth-order valence-electron chi connectivity index (χ4n) is 2.01. The summed E-state index contributed by atoms with van der Waals surface area (Å²) in [6, 6.07) is 2.37. The van der Waals surface area contributed by atoms with Crippen molar-refractivity contribution in [1.29, 1.82) is 0 Å². The zero-order valence-corrected chi connectivity index (χ0v) is 12.1. The lowest BCUT2D eigenvalue weighted by atomic mass is 10.2. The van der Waals surface area contributed by atoms with E-state index in [1.165, 1.54) is 0 Å². The first-order chi connectivity index (χ1) is 9.13. The van der Waals surface area contributed by atoms with Crippen LogP contribution in [0.5, 0.6) is 0 Å². The SMILES string of the molecule is CCc1cc(CNC(C)C(=O)NC2CC2)n(CC)n1. The van der Waals surface area contributed by atoms with Gasteiger partial charge in [-0.15, -0.1) is 0 Å². The monoisotopic (exact) mass is 264 g/mol. The molecule has 1 unspecified atom stereocenters. The third kappa shape index (κ3) is 3.80. The maximum atomic E-state index is 11.8. The Morgan fingerprint density at radius 1 is 1.53 bits per heavy atom. The molecule has 1 amide bonds. The summed E-state index contributed by atoms with van der Waals surface area (Å²) in [5, 5.41) is 10.8. The number of nitrogens with zero attached hydrogens (tertiary/aromatic N) is 2. The van der Waals surface area contributed by atoms with Crippen molar-refractivity contribution in [1.82, 2.24) is 20.4 Å². The minimum Gasteiger partial charge on any atom is -0.352 e. The second-order valence-corrected chi connectivity index (χ2v) is 5.18. The van der Waals surface area contributed by atoms with Crippen molar-refractivity contribution in [2.75, 3.05) is 0 Å². The van der Waals surface area contributed by atoms with Crippen molar-refractivity contribution in [3.63, 3.8) is 0 Å². The van der Waals surface area contributed by atoms with Crippen LogP contribution in [-0.4, -0.2) is 27.8 Å². The topological polar surface area (TPSA) is 59.0 Å². The Morgan fingerprint density at radius 3 is 2.84 bits per heavy atom. The van der Waals surface area contributed by atoms with Gasteiger partial charge in [-0.3, -0.25) is 9.48 Å². The van der Waals surface area contributed by atoms with Crippen LogP contribution >= 0.6 is 0 Å². The van der Waals surface area contributed by atoms with E-state index in [-0.39, 0.29) is 11.9 Å². The van der Waals surface area contributed by atoms with Crippen LogP contribution in [0, 0.1) is 0 Å². The molecule has 19 heavy (non-hydrogen) atoms. The predicted octanol–water partition coefficient (Wildman–Crippen LogP) is 1.22. The molecule has 5 heteroatoms. The van der Waals surface area contributed by atoms with E-state index in [1.54, 1.807) is 0 Å². The number of carbonyl (C=O) groups is 1. The Balaban J connectivity index is 1.86. The van der Waals surface area contributed by atoms with Gasteiger partial charge in [0.1, 0.15) is 0 Å². The lowest BCUT2D eigenvalue weighted by molar-refractivity contribution is -0.122. The van der Waals surface area contributed by atoms with E-state index in [9.17, 15) is 4.79 Å². The Hall–Kier alpha value is -1.36. The lowest BCUT2D eigenvalue weighted by Crippen LogP contribution is -2.42. The van der Waals surface area contributed by atoms with E-state index in [0.717, 1.165) is 37.2 Å². The highest BCUT2D eigenvalue weighted by Crippen LogP contribution is 2.18. The van der Waals surface area contributed by atoms with Gasteiger partial charge in [0, 0.05) is 19.1 Å². The fraction of sp³-hybridized carbons (Fsp3) is 0.714. The molecule has 106 valence electrons. The van der Waals surface area contributed by atoms with Crippen molar-refractivity contribution in [3.8, 4) is 0 Å². The highest BCUT2D eigenvalue weighted by Gasteiger charge is 2.25. The number of nitrogens with one attached hydrogen (secondary N) is 2. The van der Waals surface area contributed by atoms with Crippen LogP contribution in [0.15, 0.2) is 6.07 Å². The Morgan fingerprint density at radius 2 is 2.26 bits per heavy atom. The number of rotatable bonds is 7. The molecular formula is C14H24N4O. The average Bonchev–Trinajstić information content (AvgIpc) is 3.13. The zero-order valence-electron chi connectivity index (χ0n) is 12.1. The normalized spacial score (nSPS) is 16.4. The van der Waals surface area contributed by atoms with Crippen LogP contribution in [0.1, 0.15) is 45.0 Å². The van der Waals surface area contributed by atoms with Crippen LogP contribution in [0.2, 0.25) is 0 Å². The van der Waals surface area contributed by atoms with Crippen LogP contribution in [0.25, 0.3) is 0 Å². The molecule has 1 heterocycles. The Labute approximate surface area is 114 Å². The number of aromatic nitrogens is 2. The van der Waals surface area contributed by atoms with Crippen molar-refractivity contribution < 1.29 is 4.79 Å². The molecule has 1 aliphatic rings. The summed E-state index contributed by atoms with van der Waals surface area (Å²) in [6.07, 6.45) is 3.19. The molecule has 1 atom stereocenters. The summed E-state index contributed by atoms with van der Waals surface area (Å²) in [4.78, 5) is 11.8. The van der Waals surface area contributed by atoms with Crippen molar-refractivity contribution >= 4 is 5.91 Å². The van der Waals surface area contributed by atoms with E-state index in [4.69, 9.17) is 0 Å². The van der Waals surface area contributed by atoms with Gasteiger partial charge in [0.05, 0.1) is 17.4 Å². The van der Waals surface area contributed by atoms with E-state index in [2.05, 4.69) is 35.6 Å². The second kappa shape index (κ2) is 6.19. The third-order valence-corrected chi connectivity index (χ3v) is 3.48. The van der Waals surface area contributed by atoms with E-state index >= 15 is 0 Å². The molecule has 0 aliphatic heterocycles. The molecule has 1 aliphatic carbocycles. The predicted molar refractivity (Wildman–Crippen MR) is 74.7 cm³/mol. The van der Waals surface area contributed by atoms with E-state index in [0.29, 0.717) is 12.6 Å². The highest BCUT2D eigenvalue weighted by atomic mass is 16.2. The van der Waals surface area contributed by atoms with Crippen molar-refractivity contribution in [2.45, 2.75) is 65.2 Å². The summed E-state index contributed by atoms with van der Waals surface area (Å²) in [5.74, 6) is 0.0979. The molecular weight excluding hydrogens is 240 g/mol. The van der Waals surface area contributed by atoms with Crippen LogP contribution in [0.4, 0.5) is 0 Å². The van der Waals surface area contributed by atoms with Gasteiger partial charge >= 0.3 is 0 Å². The maximum Gasteiger partial charge on any atom is 0.237 e. The Kier molecular flexibility index (Phi) is 4.58. The molecule has 1 aromatic rings. The lowest BCUT2D eigenvalue weighted by Gasteiger charge is -2.14. The van der Waals surface area contributed by atoms with Gasteiger partial charge in [0.15, 0.2) is 0 Å². The molecule has 1 aromatic heterocycles. The van der Waals surface area contributed by atoms with E-state index in [1.807, 2.05) is 11.6 Å². The molecule has 2 rings (SSSR count). The largest absolute Gasteiger partial charge is 0.352 e. The standard InChI is InChI=1S/C14H24N4O/c1-4-11-8-13(18(5-2)17-11)9-15-10(3)14(19)16-12-6-7-12/h8,10,12,15H,4-7,9H2,1-3H3,(H,16,19). The van der Waals surface area contributed by atoms with Gasteiger partial charge < -0.3 is 10.6 Å². The first-order valence-corrected chi connectivity index (χ1v) is 7.23. The molecule has 1 fully saturated rings. The summed E-state index contributed by atoms with van der Waals surface area (Å²) in [7, 11) is 0. The summed E-state index contributed by atoms with van der Waals surface area (Å²) < 4.78 is 2.00. The molecule has 0 spiro atoms. The van der Waals surface area contributed by atoms with Crippen molar-refractivity contribution in [2.24, 2.45) is 0 Å². The molecule has 0 bridgehead atoms. The number of amides is 1. The minimum absolute atomic E-state index is 0.0979. The highest BCUT2D eigenvalue weighted by molar-refractivity contribution is 5.81. The number of hydrogen-bond donors (Lipinski definition) is 2. The molecule has 0 saturated heterocycles. The first-order valence-electron chi connectivity index (χ1n) is 7.23. The fourth-order valence-corrected chi connectivity index (χ4v) is 2.01. The zero-order chi connectivity index (χ0) is 13.8. The van der Waals surface area contributed by atoms with Gasteiger partial charge in [0.2, 0.25) is 5.91 Å². The maximum absolute atomic E-state index is 11.8. The third-order valence-electron chi connectivity index (χ3n) is 3.48. The summed E-state index contributed by atoms with van der Waals surface area (Å²) in [6.45, 7) is 7.63. The van der Waals surface area contributed by atoms with E-state index < -0.39 is 0 Å². The molecule has 0 aromatic carbocycles. The van der Waals surface area contributed by atoms with Gasteiger partial charge in [-0.25, -0.2) is 0 Å². The first kappa shape index (κ1) is 14.1. The molecule has 2 N–H and O–H groups in total. The van der Waals surface area contributed by atoms with Crippen molar-refractivity contribution in [3.05, 3.63) is 17.5 Å². The Bertz CT molecular complexity index is 437. The average molecular weight is 264 g/mol. The van der Waals surface area contributed by atoms with Gasteiger partial charge in [-0.05, 0) is 39.2 Å².